The number of carbonyl (C=O) groups excluding carboxylic acids is 2. The molecule has 4 fully saturated rings. The molecule has 6 heteroatoms. The minimum atomic E-state index is -1.47. The highest BCUT2D eigenvalue weighted by Crippen LogP contribution is 2.67. The molecule has 0 aliphatic heterocycles. The van der Waals surface area contributed by atoms with Crippen LogP contribution >= 0.6 is 0 Å². The van der Waals surface area contributed by atoms with Crippen molar-refractivity contribution in [3.8, 4) is 0 Å². The molecule has 0 radical (unpaired) electrons. The number of ether oxygens (including phenoxy) is 3. The molecule has 8 atom stereocenters. The largest absolute Gasteiger partial charge is 0.465 e. The number of hydrogen-bond donors (Lipinski definition) is 1. The van der Waals surface area contributed by atoms with Gasteiger partial charge in [-0.1, -0.05) is 37.3 Å². The van der Waals surface area contributed by atoms with Gasteiger partial charge in [-0.15, -0.1) is 0 Å². The quantitative estimate of drug-likeness (QED) is 0.284. The van der Waals surface area contributed by atoms with Crippen LogP contribution in [0.25, 0.3) is 0 Å². The molecule has 0 bridgehead atoms. The molecular weight excluding hydrogens is 504 g/mol. The third-order valence-electron chi connectivity index (χ3n) is 11.6. The number of hydrogen-bond acceptors (Lipinski definition) is 6. The molecule has 40 heavy (non-hydrogen) atoms. The number of esters is 2. The van der Waals surface area contributed by atoms with Crippen LogP contribution in [0, 0.1) is 46.3 Å². The fraction of sp³-hybridized carbons (Fsp3) is 0.765. The molecule has 0 aromatic heterocycles. The van der Waals surface area contributed by atoms with Gasteiger partial charge in [0.2, 0.25) is 0 Å². The molecule has 0 unspecified atom stereocenters. The van der Waals surface area contributed by atoms with Crippen LogP contribution in [0.15, 0.2) is 30.3 Å². The summed E-state index contributed by atoms with van der Waals surface area (Å²) in [6.07, 6.45) is 9.28. The van der Waals surface area contributed by atoms with Crippen LogP contribution in [0.4, 0.5) is 0 Å². The second-order valence-electron chi connectivity index (χ2n) is 13.7. The standard InChI is InChI=1S/C34H50O6/c1-5-39-30(35)34(31(36)40-6-2,22-38-21-23-10-8-7-9-11-23)29-15-14-28-27-13-12-24-20-32(3,37)18-16-25(24)26(27)17-19-33(28,29)4/h7-11,24-29,37H,5-6,12-22H2,1-4H3/t24-,25+,26-,27-,28+,29+,32-,33+/m1/s1. The Bertz CT molecular complexity index is 1020. The highest BCUT2D eigenvalue weighted by Gasteiger charge is 2.67. The van der Waals surface area contributed by atoms with Gasteiger partial charge in [0.1, 0.15) is 0 Å². The molecule has 0 spiro atoms. The molecule has 4 aliphatic rings. The predicted octanol–water partition coefficient (Wildman–Crippen LogP) is 6.34. The fourth-order valence-corrected chi connectivity index (χ4v) is 9.90. The molecule has 1 aromatic carbocycles. The van der Waals surface area contributed by atoms with E-state index in [0.717, 1.165) is 50.5 Å². The van der Waals surface area contributed by atoms with Gasteiger partial charge in [-0.05, 0) is 125 Å². The zero-order chi connectivity index (χ0) is 28.5. The first kappa shape index (κ1) is 29.6. The van der Waals surface area contributed by atoms with Gasteiger partial charge in [0, 0.05) is 0 Å². The summed E-state index contributed by atoms with van der Waals surface area (Å²) in [5, 5.41) is 10.8. The number of rotatable bonds is 9. The Labute approximate surface area is 240 Å². The summed E-state index contributed by atoms with van der Waals surface area (Å²) in [4.78, 5) is 27.9. The Hall–Kier alpha value is -1.92. The maximum atomic E-state index is 13.9. The third-order valence-corrected chi connectivity index (χ3v) is 11.6. The summed E-state index contributed by atoms with van der Waals surface area (Å²) in [6.45, 7) is 8.66. The van der Waals surface area contributed by atoms with E-state index in [1.807, 2.05) is 37.3 Å². The van der Waals surface area contributed by atoms with Gasteiger partial charge in [0.05, 0.1) is 32.0 Å². The molecule has 222 valence electrons. The minimum Gasteiger partial charge on any atom is -0.465 e. The van der Waals surface area contributed by atoms with Crippen molar-refractivity contribution in [1.82, 2.24) is 0 Å². The van der Waals surface area contributed by atoms with Gasteiger partial charge >= 0.3 is 11.9 Å². The first-order chi connectivity index (χ1) is 19.2. The third kappa shape index (κ3) is 5.24. The van der Waals surface area contributed by atoms with E-state index in [2.05, 4.69) is 6.92 Å². The lowest BCUT2D eigenvalue weighted by Crippen LogP contribution is -2.57. The maximum Gasteiger partial charge on any atom is 0.326 e. The van der Waals surface area contributed by atoms with Gasteiger partial charge in [-0.25, -0.2) is 0 Å². The Morgan fingerprint density at radius 3 is 2.23 bits per heavy atom. The Morgan fingerprint density at radius 1 is 0.875 bits per heavy atom. The Balaban J connectivity index is 1.43. The summed E-state index contributed by atoms with van der Waals surface area (Å²) >= 11 is 0. The van der Waals surface area contributed by atoms with E-state index in [9.17, 15) is 14.7 Å². The van der Waals surface area contributed by atoms with Crippen molar-refractivity contribution in [3.63, 3.8) is 0 Å². The van der Waals surface area contributed by atoms with Crippen LogP contribution in [0.5, 0.6) is 0 Å². The topological polar surface area (TPSA) is 82.1 Å². The van der Waals surface area contributed by atoms with Crippen molar-refractivity contribution in [2.24, 2.45) is 46.3 Å². The second-order valence-corrected chi connectivity index (χ2v) is 13.7. The van der Waals surface area contributed by atoms with Crippen molar-refractivity contribution < 1.29 is 28.9 Å². The van der Waals surface area contributed by atoms with Gasteiger partial charge in [0.15, 0.2) is 5.41 Å². The van der Waals surface area contributed by atoms with Gasteiger partial charge in [0.25, 0.3) is 0 Å². The maximum absolute atomic E-state index is 13.9. The molecule has 0 saturated heterocycles. The van der Waals surface area contributed by atoms with E-state index in [-0.39, 0.29) is 31.2 Å². The summed E-state index contributed by atoms with van der Waals surface area (Å²) in [5.41, 5.74) is -1.15. The van der Waals surface area contributed by atoms with Crippen molar-refractivity contribution in [2.45, 2.75) is 97.7 Å². The first-order valence-corrected chi connectivity index (χ1v) is 15.8. The second kappa shape index (κ2) is 11.8. The van der Waals surface area contributed by atoms with Crippen molar-refractivity contribution in [1.29, 1.82) is 0 Å². The van der Waals surface area contributed by atoms with Crippen LogP contribution in [0.1, 0.15) is 91.0 Å². The first-order valence-electron chi connectivity index (χ1n) is 15.8. The average Bonchev–Trinajstić information content (AvgIpc) is 3.28. The normalized spacial score (nSPS) is 37.1. The van der Waals surface area contributed by atoms with Gasteiger partial charge < -0.3 is 19.3 Å². The minimum absolute atomic E-state index is 0.0274. The summed E-state index contributed by atoms with van der Waals surface area (Å²) in [6, 6.07) is 9.87. The van der Waals surface area contributed by atoms with Crippen LogP contribution in [0.3, 0.4) is 0 Å². The Morgan fingerprint density at radius 2 is 1.55 bits per heavy atom. The number of carbonyl (C=O) groups is 2. The molecule has 4 saturated carbocycles. The van der Waals surface area contributed by atoms with E-state index in [1.165, 1.54) is 12.8 Å². The van der Waals surface area contributed by atoms with Crippen LogP contribution in [-0.2, 0) is 30.4 Å². The van der Waals surface area contributed by atoms with Gasteiger partial charge in [-0.3, -0.25) is 9.59 Å². The van der Waals surface area contributed by atoms with E-state index < -0.39 is 23.0 Å². The molecule has 1 N–H and O–H groups in total. The van der Waals surface area contributed by atoms with E-state index in [4.69, 9.17) is 14.2 Å². The number of aliphatic hydroxyl groups is 1. The zero-order valence-electron chi connectivity index (χ0n) is 25.0. The van der Waals surface area contributed by atoms with Crippen molar-refractivity contribution in [3.05, 3.63) is 35.9 Å². The van der Waals surface area contributed by atoms with Crippen LogP contribution < -0.4 is 0 Å². The monoisotopic (exact) mass is 554 g/mol. The van der Waals surface area contributed by atoms with Crippen LogP contribution in [0.2, 0.25) is 0 Å². The summed E-state index contributed by atoms with van der Waals surface area (Å²) in [7, 11) is 0. The molecule has 1 aromatic rings. The van der Waals surface area contributed by atoms with E-state index in [1.54, 1.807) is 13.8 Å². The Kier molecular flexibility index (Phi) is 8.69. The highest BCUT2D eigenvalue weighted by atomic mass is 16.6. The molecule has 6 nitrogen and oxygen atoms in total. The van der Waals surface area contributed by atoms with E-state index >= 15 is 0 Å². The number of fused-ring (bicyclic) bond motifs is 5. The highest BCUT2D eigenvalue weighted by molar-refractivity contribution is 6.01. The fourth-order valence-electron chi connectivity index (χ4n) is 9.90. The SMILES string of the molecule is CCOC(=O)C(COCc1ccccc1)(C(=O)OCC)[C@H]1CC[C@H]2[C@@H]3CC[C@@H]4C[C@](C)(O)CC[C@@H]4[C@H]3CC[C@]12C. The van der Waals surface area contributed by atoms with Crippen molar-refractivity contribution >= 4 is 11.9 Å². The molecule has 0 amide bonds. The molecular formula is C34H50O6. The zero-order valence-corrected chi connectivity index (χ0v) is 25.0. The molecule has 4 aliphatic carbocycles. The van der Waals surface area contributed by atoms with Crippen LogP contribution in [-0.4, -0.2) is 42.5 Å². The van der Waals surface area contributed by atoms with Gasteiger partial charge in [-0.2, -0.15) is 0 Å². The predicted molar refractivity (Wildman–Crippen MR) is 153 cm³/mol. The number of benzene rings is 1. The lowest BCUT2D eigenvalue weighted by atomic mass is 9.47. The lowest BCUT2D eigenvalue weighted by Gasteiger charge is -2.58. The summed E-state index contributed by atoms with van der Waals surface area (Å²) < 4.78 is 17.6. The molecule has 5 rings (SSSR count). The van der Waals surface area contributed by atoms with Crippen molar-refractivity contribution in [2.75, 3.05) is 19.8 Å². The lowest BCUT2D eigenvalue weighted by molar-refractivity contribution is -0.191. The average molecular weight is 555 g/mol. The smallest absolute Gasteiger partial charge is 0.326 e. The van der Waals surface area contributed by atoms with E-state index in [0.29, 0.717) is 36.2 Å². The summed E-state index contributed by atoms with van der Waals surface area (Å²) in [5.74, 6) is 1.90. The molecule has 0 heterocycles.